The van der Waals surface area contributed by atoms with Crippen molar-refractivity contribution in [3.8, 4) is 11.8 Å². The van der Waals surface area contributed by atoms with Crippen molar-refractivity contribution < 1.29 is 9.84 Å². The first kappa shape index (κ1) is 18.7. The summed E-state index contributed by atoms with van der Waals surface area (Å²) in [7, 11) is 4.13. The van der Waals surface area contributed by atoms with Crippen molar-refractivity contribution in [1.82, 2.24) is 14.7 Å². The summed E-state index contributed by atoms with van der Waals surface area (Å²) >= 11 is 0. The van der Waals surface area contributed by atoms with Gasteiger partial charge in [-0.25, -0.2) is 0 Å². The molecule has 1 aromatic carbocycles. The van der Waals surface area contributed by atoms with Gasteiger partial charge in [-0.15, -0.1) is 0 Å². The van der Waals surface area contributed by atoms with Crippen LogP contribution in [-0.2, 0) is 0 Å². The number of hydrogen-bond donors (Lipinski definition) is 1. The van der Waals surface area contributed by atoms with E-state index in [4.69, 9.17) is 10.00 Å². The van der Waals surface area contributed by atoms with Gasteiger partial charge in [0.25, 0.3) is 0 Å². The van der Waals surface area contributed by atoms with Crippen LogP contribution in [-0.4, -0.2) is 92.4 Å². The quantitative estimate of drug-likeness (QED) is 0.747. The molecule has 6 heteroatoms. The largest absolute Gasteiger partial charge is 0.492 e. The van der Waals surface area contributed by atoms with E-state index in [9.17, 15) is 5.11 Å². The van der Waals surface area contributed by atoms with Gasteiger partial charge in [-0.05, 0) is 38.4 Å². The topological polar surface area (TPSA) is 63.0 Å². The number of aliphatic hydroxyl groups excluding tert-OH is 1. The fourth-order valence-electron chi connectivity index (χ4n) is 2.78. The number of ether oxygens (including phenoxy) is 1. The molecule has 0 aromatic heterocycles. The molecule has 24 heavy (non-hydrogen) atoms. The highest BCUT2D eigenvalue weighted by atomic mass is 16.5. The molecule has 1 fully saturated rings. The van der Waals surface area contributed by atoms with Crippen molar-refractivity contribution in [1.29, 1.82) is 5.26 Å². The molecule has 0 bridgehead atoms. The van der Waals surface area contributed by atoms with Crippen LogP contribution in [0.1, 0.15) is 5.56 Å². The van der Waals surface area contributed by atoms with Crippen molar-refractivity contribution >= 4 is 0 Å². The van der Waals surface area contributed by atoms with E-state index >= 15 is 0 Å². The third kappa shape index (κ3) is 6.46. The lowest BCUT2D eigenvalue weighted by Gasteiger charge is -2.34. The molecule has 1 heterocycles. The molecule has 0 amide bonds. The van der Waals surface area contributed by atoms with Crippen molar-refractivity contribution in [3.63, 3.8) is 0 Å². The lowest BCUT2D eigenvalue weighted by atomic mass is 10.2. The van der Waals surface area contributed by atoms with E-state index in [0.29, 0.717) is 18.7 Å². The minimum Gasteiger partial charge on any atom is -0.492 e. The van der Waals surface area contributed by atoms with Crippen LogP contribution in [0.3, 0.4) is 0 Å². The predicted octanol–water partition coefficient (Wildman–Crippen LogP) is 0.477. The molecule has 1 aliphatic rings. The molecular formula is C18H28N4O2. The molecule has 1 atom stereocenters. The molecule has 0 saturated carbocycles. The first-order valence-electron chi connectivity index (χ1n) is 8.47. The summed E-state index contributed by atoms with van der Waals surface area (Å²) in [6.45, 7) is 6.88. The summed E-state index contributed by atoms with van der Waals surface area (Å²) in [5.74, 6) is 0.764. The molecule has 2 rings (SSSR count). The zero-order valence-corrected chi connectivity index (χ0v) is 14.7. The molecule has 0 aliphatic carbocycles. The van der Waals surface area contributed by atoms with Crippen LogP contribution in [0.4, 0.5) is 0 Å². The Bertz CT molecular complexity index is 521. The number of rotatable bonds is 8. The van der Waals surface area contributed by atoms with Gasteiger partial charge in [-0.2, -0.15) is 5.26 Å². The Morgan fingerprint density at radius 2 is 1.92 bits per heavy atom. The van der Waals surface area contributed by atoms with Crippen LogP contribution in [0.15, 0.2) is 24.3 Å². The maximum absolute atomic E-state index is 10.2. The first-order chi connectivity index (χ1) is 11.6. The average Bonchev–Trinajstić information content (AvgIpc) is 2.57. The average molecular weight is 332 g/mol. The highest BCUT2D eigenvalue weighted by Gasteiger charge is 2.17. The van der Waals surface area contributed by atoms with Crippen LogP contribution >= 0.6 is 0 Å². The molecule has 1 N–H and O–H groups in total. The standard InChI is InChI=1S/C18H28N4O2/c1-20-7-9-22(10-8-20)15-17(23)14-21(2)11-12-24-18-5-3-16(13-19)4-6-18/h3-6,17,23H,7-12,14-15H2,1-2H3. The molecule has 132 valence electrons. The van der Waals surface area contributed by atoms with Gasteiger partial charge in [-0.3, -0.25) is 4.90 Å². The fraction of sp³-hybridized carbons (Fsp3) is 0.611. The third-order valence-electron chi connectivity index (χ3n) is 4.31. The number of nitriles is 1. The molecule has 1 saturated heterocycles. The Hall–Kier alpha value is -1.65. The van der Waals surface area contributed by atoms with E-state index in [-0.39, 0.29) is 6.10 Å². The number of likely N-dealkylation sites (N-methyl/N-ethyl adjacent to an activating group) is 2. The van der Waals surface area contributed by atoms with Gasteiger partial charge in [0.05, 0.1) is 17.7 Å². The van der Waals surface area contributed by atoms with Gasteiger partial charge in [0.2, 0.25) is 0 Å². The van der Waals surface area contributed by atoms with Crippen LogP contribution in [0.5, 0.6) is 5.75 Å². The second-order valence-electron chi connectivity index (χ2n) is 6.50. The lowest BCUT2D eigenvalue weighted by Crippen LogP contribution is -2.48. The first-order valence-corrected chi connectivity index (χ1v) is 8.47. The minimum absolute atomic E-state index is 0.340. The SMILES string of the molecule is CN1CCN(CC(O)CN(C)CCOc2ccc(C#N)cc2)CC1. The summed E-state index contributed by atoms with van der Waals surface area (Å²) in [5, 5.41) is 19.0. The van der Waals surface area contributed by atoms with Gasteiger partial charge in [0, 0.05) is 45.8 Å². The second-order valence-corrected chi connectivity index (χ2v) is 6.50. The third-order valence-corrected chi connectivity index (χ3v) is 4.31. The summed E-state index contributed by atoms with van der Waals surface area (Å²) < 4.78 is 5.67. The number of β-amino-alcohol motifs (C(OH)–C–C–N with tert-alkyl or cyclic N) is 1. The van der Waals surface area contributed by atoms with E-state index in [0.717, 1.165) is 45.0 Å². The Labute approximate surface area is 144 Å². The molecule has 6 nitrogen and oxygen atoms in total. The van der Waals surface area contributed by atoms with Crippen LogP contribution in [0.25, 0.3) is 0 Å². The number of benzene rings is 1. The highest BCUT2D eigenvalue weighted by molar-refractivity contribution is 5.34. The number of piperazine rings is 1. The van der Waals surface area contributed by atoms with E-state index in [1.807, 2.05) is 7.05 Å². The van der Waals surface area contributed by atoms with Crippen molar-refractivity contribution in [2.45, 2.75) is 6.10 Å². The molecule has 0 radical (unpaired) electrons. The van der Waals surface area contributed by atoms with Gasteiger partial charge in [0.15, 0.2) is 0 Å². The molecule has 1 unspecified atom stereocenters. The van der Waals surface area contributed by atoms with E-state index in [1.54, 1.807) is 24.3 Å². The zero-order chi connectivity index (χ0) is 17.4. The van der Waals surface area contributed by atoms with E-state index in [1.165, 1.54) is 0 Å². The highest BCUT2D eigenvalue weighted by Crippen LogP contribution is 2.11. The van der Waals surface area contributed by atoms with Gasteiger partial charge < -0.3 is 19.6 Å². The number of nitrogens with zero attached hydrogens (tertiary/aromatic N) is 4. The normalized spacial score (nSPS) is 17.6. The maximum atomic E-state index is 10.2. The van der Waals surface area contributed by atoms with Crippen LogP contribution in [0.2, 0.25) is 0 Å². The summed E-state index contributed by atoms with van der Waals surface area (Å²) in [6, 6.07) is 9.20. The van der Waals surface area contributed by atoms with Gasteiger partial charge in [0.1, 0.15) is 12.4 Å². The van der Waals surface area contributed by atoms with Crippen LogP contribution < -0.4 is 4.74 Å². The Kier molecular flexibility index (Phi) is 7.47. The molecule has 1 aromatic rings. The van der Waals surface area contributed by atoms with Crippen LogP contribution in [0, 0.1) is 11.3 Å². The Morgan fingerprint density at radius 3 is 2.54 bits per heavy atom. The lowest BCUT2D eigenvalue weighted by molar-refractivity contribution is 0.0582. The van der Waals surface area contributed by atoms with Crippen molar-refractivity contribution in [2.75, 3.05) is 66.5 Å². The van der Waals surface area contributed by atoms with Gasteiger partial charge >= 0.3 is 0 Å². The second kappa shape index (κ2) is 9.60. The number of hydrogen-bond acceptors (Lipinski definition) is 6. The molecule has 1 aliphatic heterocycles. The smallest absolute Gasteiger partial charge is 0.119 e. The Balaban J connectivity index is 1.61. The predicted molar refractivity (Wildman–Crippen MR) is 94.1 cm³/mol. The van der Waals surface area contributed by atoms with E-state index < -0.39 is 0 Å². The fourth-order valence-corrected chi connectivity index (χ4v) is 2.78. The number of aliphatic hydroxyl groups is 1. The molecule has 0 spiro atoms. The van der Waals surface area contributed by atoms with Gasteiger partial charge in [-0.1, -0.05) is 0 Å². The van der Waals surface area contributed by atoms with Crippen molar-refractivity contribution in [3.05, 3.63) is 29.8 Å². The van der Waals surface area contributed by atoms with E-state index in [2.05, 4.69) is 27.8 Å². The van der Waals surface area contributed by atoms with Crippen molar-refractivity contribution in [2.24, 2.45) is 0 Å². The summed E-state index contributed by atoms with van der Waals surface area (Å²) in [6.07, 6.45) is -0.340. The summed E-state index contributed by atoms with van der Waals surface area (Å²) in [5.41, 5.74) is 0.631. The zero-order valence-electron chi connectivity index (χ0n) is 14.7. The minimum atomic E-state index is -0.340. The maximum Gasteiger partial charge on any atom is 0.119 e. The summed E-state index contributed by atoms with van der Waals surface area (Å²) in [4.78, 5) is 6.73. The monoisotopic (exact) mass is 332 g/mol. The Morgan fingerprint density at radius 1 is 1.25 bits per heavy atom. The molecular weight excluding hydrogens is 304 g/mol.